The van der Waals surface area contributed by atoms with E-state index in [2.05, 4.69) is 10.2 Å². The van der Waals surface area contributed by atoms with E-state index in [-0.39, 0.29) is 30.7 Å². The van der Waals surface area contributed by atoms with Crippen LogP contribution in [-0.4, -0.2) is 68.3 Å². The first-order valence-corrected chi connectivity index (χ1v) is 10.5. The van der Waals surface area contributed by atoms with Gasteiger partial charge in [0.25, 0.3) is 11.8 Å². The number of hydrogen-bond donors (Lipinski definition) is 0. The Hall–Kier alpha value is -3.10. The molecule has 5 rings (SSSR count). The van der Waals surface area contributed by atoms with Gasteiger partial charge in [-0.05, 0) is 44.9 Å². The number of carbonyl (C=O) groups is 2. The van der Waals surface area contributed by atoms with Crippen LogP contribution < -0.4 is 9.47 Å². The Kier molecular flexibility index (Phi) is 4.60. The van der Waals surface area contributed by atoms with Gasteiger partial charge in [-0.25, -0.2) is 0 Å². The number of ether oxygens (including phenoxy) is 2. The van der Waals surface area contributed by atoms with Crippen LogP contribution in [-0.2, 0) is 13.0 Å². The minimum Gasteiger partial charge on any atom is -0.454 e. The van der Waals surface area contributed by atoms with Crippen molar-refractivity contribution in [3.8, 4) is 11.5 Å². The highest BCUT2D eigenvalue weighted by Gasteiger charge is 2.38. The molecule has 0 unspecified atom stereocenters. The van der Waals surface area contributed by atoms with E-state index in [1.165, 1.54) is 0 Å². The predicted octanol–water partition coefficient (Wildman–Crippen LogP) is 1.72. The Morgan fingerprint density at radius 3 is 2.47 bits per heavy atom. The molecule has 0 saturated carbocycles. The van der Waals surface area contributed by atoms with Gasteiger partial charge in [-0.2, -0.15) is 0 Å². The van der Waals surface area contributed by atoms with Gasteiger partial charge in [-0.1, -0.05) is 0 Å². The molecule has 3 aliphatic rings. The molecule has 9 heteroatoms. The summed E-state index contributed by atoms with van der Waals surface area (Å²) in [6.45, 7) is 5.85. The fourth-order valence-electron chi connectivity index (χ4n) is 4.51. The number of carbonyl (C=O) groups excluding carboxylic acids is 2. The first-order chi connectivity index (χ1) is 14.5. The maximum Gasteiger partial charge on any atom is 0.292 e. The van der Waals surface area contributed by atoms with Crippen molar-refractivity contribution in [3.63, 3.8) is 0 Å². The Morgan fingerprint density at radius 2 is 1.67 bits per heavy atom. The topological polar surface area (TPSA) is 89.8 Å². The van der Waals surface area contributed by atoms with Crippen LogP contribution in [0.5, 0.6) is 11.5 Å². The summed E-state index contributed by atoms with van der Waals surface area (Å²) in [5.41, 5.74) is 0.560. The average molecular weight is 411 g/mol. The predicted molar refractivity (Wildman–Crippen MR) is 107 cm³/mol. The summed E-state index contributed by atoms with van der Waals surface area (Å²) in [5.74, 6) is 2.37. The van der Waals surface area contributed by atoms with Crippen LogP contribution in [0.1, 0.15) is 53.5 Å². The molecule has 4 heterocycles. The molecule has 2 amide bonds. The zero-order valence-electron chi connectivity index (χ0n) is 17.2. The number of aryl methyl sites for hydroxylation is 1. The zero-order chi connectivity index (χ0) is 20.8. The summed E-state index contributed by atoms with van der Waals surface area (Å²) in [5, 5.41) is 8.39. The molecule has 3 aliphatic heterocycles. The second-order valence-corrected chi connectivity index (χ2v) is 8.09. The number of amides is 2. The van der Waals surface area contributed by atoms with E-state index < -0.39 is 0 Å². The number of fused-ring (bicyclic) bond motifs is 2. The lowest BCUT2D eigenvalue weighted by atomic mass is 10.0. The van der Waals surface area contributed by atoms with Crippen LogP contribution in [0.15, 0.2) is 18.2 Å². The van der Waals surface area contributed by atoms with E-state index >= 15 is 0 Å². The van der Waals surface area contributed by atoms with E-state index in [4.69, 9.17) is 9.47 Å². The highest BCUT2D eigenvalue weighted by atomic mass is 16.7. The first-order valence-electron chi connectivity index (χ1n) is 10.5. The van der Waals surface area contributed by atoms with Gasteiger partial charge in [-0.15, -0.1) is 10.2 Å². The van der Waals surface area contributed by atoms with Gasteiger partial charge in [0.15, 0.2) is 11.5 Å². The first kappa shape index (κ1) is 18.9. The standard InChI is InChI=1S/C21H25N5O4/c1-13-14(2)25(21(28)19-23-22-18-5-3-4-8-26(18)19)10-9-24(13)20(27)15-6-7-16-17(11-15)30-12-29-16/h6-7,11,13-14H,3-5,8-10,12H2,1-2H3/t13-,14-/m1/s1. The summed E-state index contributed by atoms with van der Waals surface area (Å²) in [4.78, 5) is 30.0. The lowest BCUT2D eigenvalue weighted by molar-refractivity contribution is 0.0231. The second-order valence-electron chi connectivity index (χ2n) is 8.09. The van der Waals surface area contributed by atoms with Crippen molar-refractivity contribution >= 4 is 11.8 Å². The molecule has 0 spiro atoms. The van der Waals surface area contributed by atoms with Crippen molar-refractivity contribution in [2.24, 2.45) is 0 Å². The van der Waals surface area contributed by atoms with Crippen molar-refractivity contribution in [3.05, 3.63) is 35.4 Å². The maximum absolute atomic E-state index is 13.2. The lowest BCUT2D eigenvalue weighted by Crippen LogP contribution is -2.60. The minimum atomic E-state index is -0.138. The normalized spacial score (nSPS) is 22.7. The molecule has 1 aromatic heterocycles. The van der Waals surface area contributed by atoms with E-state index in [0.29, 0.717) is 36.0 Å². The van der Waals surface area contributed by atoms with E-state index in [1.807, 2.05) is 28.2 Å². The van der Waals surface area contributed by atoms with E-state index in [0.717, 1.165) is 31.6 Å². The summed E-state index contributed by atoms with van der Waals surface area (Å²) in [6.07, 6.45) is 2.99. The maximum atomic E-state index is 13.2. The van der Waals surface area contributed by atoms with E-state index in [9.17, 15) is 9.59 Å². The molecular formula is C21H25N5O4. The number of aromatic nitrogens is 3. The Morgan fingerprint density at radius 1 is 0.933 bits per heavy atom. The summed E-state index contributed by atoms with van der Waals surface area (Å²) >= 11 is 0. The van der Waals surface area contributed by atoms with Crippen LogP contribution >= 0.6 is 0 Å². The van der Waals surface area contributed by atoms with Gasteiger partial charge >= 0.3 is 0 Å². The number of benzene rings is 1. The Balaban J connectivity index is 1.33. The molecule has 0 bridgehead atoms. The molecule has 1 aromatic carbocycles. The molecule has 0 N–H and O–H groups in total. The monoisotopic (exact) mass is 411 g/mol. The van der Waals surface area contributed by atoms with Crippen molar-refractivity contribution in [1.29, 1.82) is 0 Å². The molecule has 1 saturated heterocycles. The third-order valence-corrected chi connectivity index (χ3v) is 6.46. The van der Waals surface area contributed by atoms with Crippen molar-refractivity contribution in [2.75, 3.05) is 19.9 Å². The quantitative estimate of drug-likeness (QED) is 0.748. The van der Waals surface area contributed by atoms with Crippen LogP contribution in [0, 0.1) is 0 Å². The molecule has 9 nitrogen and oxygen atoms in total. The number of nitrogens with zero attached hydrogens (tertiary/aromatic N) is 5. The van der Waals surface area contributed by atoms with Gasteiger partial charge in [0.2, 0.25) is 12.6 Å². The molecule has 158 valence electrons. The van der Waals surface area contributed by atoms with Gasteiger partial charge in [0.1, 0.15) is 5.82 Å². The van der Waals surface area contributed by atoms with Gasteiger partial charge in [0.05, 0.1) is 0 Å². The third kappa shape index (κ3) is 3.00. The average Bonchev–Trinajstić information content (AvgIpc) is 3.41. The van der Waals surface area contributed by atoms with Crippen LogP contribution in [0.3, 0.4) is 0 Å². The second kappa shape index (κ2) is 7.30. The van der Waals surface area contributed by atoms with Crippen molar-refractivity contribution in [1.82, 2.24) is 24.6 Å². The number of piperazine rings is 1. The molecule has 1 fully saturated rings. The smallest absolute Gasteiger partial charge is 0.292 e. The highest BCUT2D eigenvalue weighted by Crippen LogP contribution is 2.33. The Labute approximate surface area is 174 Å². The van der Waals surface area contributed by atoms with Gasteiger partial charge in [0, 0.05) is 43.7 Å². The fourth-order valence-corrected chi connectivity index (χ4v) is 4.51. The summed E-state index contributed by atoms with van der Waals surface area (Å²) in [7, 11) is 0. The third-order valence-electron chi connectivity index (χ3n) is 6.46. The molecule has 30 heavy (non-hydrogen) atoms. The SMILES string of the molecule is C[C@@H]1[C@@H](C)N(C(=O)c2nnc3n2CCCC3)CCN1C(=O)c1ccc2c(c1)OCO2. The summed E-state index contributed by atoms with van der Waals surface area (Å²) < 4.78 is 12.7. The largest absolute Gasteiger partial charge is 0.454 e. The summed E-state index contributed by atoms with van der Waals surface area (Å²) in [6, 6.07) is 4.97. The van der Waals surface area contributed by atoms with Crippen molar-refractivity contribution < 1.29 is 19.1 Å². The molecule has 0 aliphatic carbocycles. The van der Waals surface area contributed by atoms with Gasteiger partial charge in [-0.3, -0.25) is 9.59 Å². The van der Waals surface area contributed by atoms with Crippen LogP contribution in [0.4, 0.5) is 0 Å². The highest BCUT2D eigenvalue weighted by molar-refractivity contribution is 5.96. The molecule has 2 atom stereocenters. The fraction of sp³-hybridized carbons (Fsp3) is 0.524. The number of hydrogen-bond acceptors (Lipinski definition) is 6. The minimum absolute atomic E-state index is 0.0698. The number of rotatable bonds is 2. The zero-order valence-corrected chi connectivity index (χ0v) is 17.2. The molecule has 2 aromatic rings. The van der Waals surface area contributed by atoms with Gasteiger partial charge < -0.3 is 23.8 Å². The van der Waals surface area contributed by atoms with Crippen LogP contribution in [0.2, 0.25) is 0 Å². The Bertz CT molecular complexity index is 1000. The molecular weight excluding hydrogens is 386 g/mol. The lowest BCUT2D eigenvalue weighted by Gasteiger charge is -2.44. The van der Waals surface area contributed by atoms with E-state index in [1.54, 1.807) is 18.2 Å². The van der Waals surface area contributed by atoms with Crippen molar-refractivity contribution in [2.45, 2.75) is 51.7 Å². The molecule has 0 radical (unpaired) electrons. The van der Waals surface area contributed by atoms with Crippen LogP contribution in [0.25, 0.3) is 0 Å².